The van der Waals surface area contributed by atoms with Crippen LogP contribution in [0.2, 0.25) is 0 Å². The van der Waals surface area contributed by atoms with Gasteiger partial charge in [-0.1, -0.05) is 13.0 Å². The first-order chi connectivity index (χ1) is 8.29. The Balaban J connectivity index is 1.99. The van der Waals surface area contributed by atoms with E-state index in [1.165, 1.54) is 0 Å². The molecule has 0 amide bonds. The fraction of sp³-hybridized carbons (Fsp3) is 0.308. The summed E-state index contributed by atoms with van der Waals surface area (Å²) >= 11 is 0. The summed E-state index contributed by atoms with van der Waals surface area (Å²) in [5.74, 6) is 1.28. The summed E-state index contributed by atoms with van der Waals surface area (Å²) in [5, 5.41) is 12.6. The van der Waals surface area contributed by atoms with Crippen molar-refractivity contribution in [1.29, 1.82) is 0 Å². The molecular weight excluding hydrogens is 214 g/mol. The number of hydrogen-bond donors (Lipinski definition) is 2. The van der Waals surface area contributed by atoms with Crippen LogP contribution in [0.3, 0.4) is 0 Å². The SMILES string of the molecule is CCCn1ccnc1CNc1cccc(O)c1. The Morgan fingerprint density at radius 2 is 2.29 bits per heavy atom. The molecule has 1 aromatic carbocycles. The van der Waals surface area contributed by atoms with Crippen molar-refractivity contribution >= 4 is 5.69 Å². The van der Waals surface area contributed by atoms with Gasteiger partial charge in [-0.25, -0.2) is 4.98 Å². The zero-order valence-corrected chi connectivity index (χ0v) is 9.93. The van der Waals surface area contributed by atoms with Crippen LogP contribution in [-0.4, -0.2) is 14.7 Å². The molecule has 0 fully saturated rings. The molecule has 2 N–H and O–H groups in total. The predicted molar refractivity (Wildman–Crippen MR) is 68.0 cm³/mol. The van der Waals surface area contributed by atoms with Crippen molar-refractivity contribution in [3.05, 3.63) is 42.5 Å². The summed E-state index contributed by atoms with van der Waals surface area (Å²) in [5.41, 5.74) is 0.899. The lowest BCUT2D eigenvalue weighted by Gasteiger charge is -2.08. The minimum atomic E-state index is 0.270. The number of phenolic OH excluding ortho intramolecular Hbond substituents is 1. The quantitative estimate of drug-likeness (QED) is 0.831. The highest BCUT2D eigenvalue weighted by Gasteiger charge is 2.01. The van der Waals surface area contributed by atoms with Crippen molar-refractivity contribution in [2.24, 2.45) is 0 Å². The fourth-order valence-corrected chi connectivity index (χ4v) is 1.75. The Morgan fingerprint density at radius 1 is 1.41 bits per heavy atom. The molecule has 0 aliphatic carbocycles. The Morgan fingerprint density at radius 3 is 3.06 bits per heavy atom. The molecule has 17 heavy (non-hydrogen) atoms. The van der Waals surface area contributed by atoms with Gasteiger partial charge in [-0.2, -0.15) is 0 Å². The van der Waals surface area contributed by atoms with Crippen molar-refractivity contribution in [3.63, 3.8) is 0 Å². The van der Waals surface area contributed by atoms with Gasteiger partial charge in [0.25, 0.3) is 0 Å². The molecule has 0 radical (unpaired) electrons. The number of anilines is 1. The maximum atomic E-state index is 9.35. The van der Waals surface area contributed by atoms with E-state index in [2.05, 4.69) is 21.8 Å². The predicted octanol–water partition coefficient (Wildman–Crippen LogP) is 2.61. The van der Waals surface area contributed by atoms with E-state index in [9.17, 15) is 5.11 Å². The number of aromatic nitrogens is 2. The maximum Gasteiger partial charge on any atom is 0.128 e. The standard InChI is InChI=1S/C13H17N3O/c1-2-7-16-8-6-14-13(16)10-15-11-4-3-5-12(17)9-11/h3-6,8-9,15,17H,2,7,10H2,1H3. The lowest BCUT2D eigenvalue weighted by Crippen LogP contribution is -2.08. The molecule has 1 aromatic heterocycles. The number of aromatic hydroxyl groups is 1. The average Bonchev–Trinajstić information content (AvgIpc) is 2.75. The first kappa shape index (κ1) is 11.5. The van der Waals surface area contributed by atoms with Crippen LogP contribution in [0.5, 0.6) is 5.75 Å². The minimum Gasteiger partial charge on any atom is -0.508 e. The van der Waals surface area contributed by atoms with E-state index in [1.807, 2.05) is 24.5 Å². The molecule has 0 aliphatic heterocycles. The van der Waals surface area contributed by atoms with Crippen LogP contribution >= 0.6 is 0 Å². The van der Waals surface area contributed by atoms with Crippen LogP contribution in [0.15, 0.2) is 36.7 Å². The van der Waals surface area contributed by atoms with E-state index in [-0.39, 0.29) is 5.75 Å². The van der Waals surface area contributed by atoms with Gasteiger partial charge in [-0.3, -0.25) is 0 Å². The second-order valence-electron chi connectivity index (χ2n) is 3.94. The second kappa shape index (κ2) is 5.39. The van der Waals surface area contributed by atoms with Gasteiger partial charge in [0.2, 0.25) is 0 Å². The van der Waals surface area contributed by atoms with Gasteiger partial charge in [0.05, 0.1) is 6.54 Å². The molecule has 4 nitrogen and oxygen atoms in total. The molecule has 4 heteroatoms. The van der Waals surface area contributed by atoms with Gasteiger partial charge in [-0.05, 0) is 18.6 Å². The van der Waals surface area contributed by atoms with Crippen molar-refractivity contribution in [2.45, 2.75) is 26.4 Å². The summed E-state index contributed by atoms with van der Waals surface area (Å²) in [7, 11) is 0. The molecular formula is C13H17N3O. The fourth-order valence-electron chi connectivity index (χ4n) is 1.75. The van der Waals surface area contributed by atoms with Gasteiger partial charge in [0.15, 0.2) is 0 Å². The first-order valence-electron chi connectivity index (χ1n) is 5.82. The number of nitrogens with one attached hydrogen (secondary N) is 1. The Hall–Kier alpha value is -1.97. The van der Waals surface area contributed by atoms with E-state index < -0.39 is 0 Å². The van der Waals surface area contributed by atoms with E-state index in [4.69, 9.17) is 0 Å². The number of aryl methyl sites for hydroxylation is 1. The number of nitrogens with zero attached hydrogens (tertiary/aromatic N) is 2. The van der Waals surface area contributed by atoms with Crippen molar-refractivity contribution in [1.82, 2.24) is 9.55 Å². The molecule has 0 unspecified atom stereocenters. The largest absolute Gasteiger partial charge is 0.508 e. The third-order valence-corrected chi connectivity index (χ3v) is 2.56. The molecule has 2 rings (SSSR count). The number of rotatable bonds is 5. The highest BCUT2D eigenvalue weighted by Crippen LogP contribution is 2.16. The van der Waals surface area contributed by atoms with E-state index in [0.717, 1.165) is 24.5 Å². The third kappa shape index (κ3) is 3.00. The number of hydrogen-bond acceptors (Lipinski definition) is 3. The summed E-state index contributed by atoms with van der Waals surface area (Å²) in [6.45, 7) is 3.79. The van der Waals surface area contributed by atoms with E-state index >= 15 is 0 Å². The van der Waals surface area contributed by atoms with Crippen molar-refractivity contribution < 1.29 is 5.11 Å². The van der Waals surface area contributed by atoms with Crippen molar-refractivity contribution in [3.8, 4) is 5.75 Å². The van der Waals surface area contributed by atoms with Crippen LogP contribution in [0.1, 0.15) is 19.2 Å². The maximum absolute atomic E-state index is 9.35. The zero-order valence-electron chi connectivity index (χ0n) is 9.93. The smallest absolute Gasteiger partial charge is 0.128 e. The minimum absolute atomic E-state index is 0.270. The Bertz CT molecular complexity index is 479. The van der Waals surface area contributed by atoms with Crippen LogP contribution in [0, 0.1) is 0 Å². The normalized spacial score (nSPS) is 10.4. The van der Waals surface area contributed by atoms with Crippen LogP contribution in [-0.2, 0) is 13.1 Å². The molecule has 2 aromatic rings. The highest BCUT2D eigenvalue weighted by molar-refractivity contribution is 5.47. The summed E-state index contributed by atoms with van der Waals surface area (Å²) < 4.78 is 2.13. The number of imidazole rings is 1. The van der Waals surface area contributed by atoms with Gasteiger partial charge in [0, 0.05) is 30.7 Å². The van der Waals surface area contributed by atoms with Gasteiger partial charge in [0.1, 0.15) is 11.6 Å². The molecule has 90 valence electrons. The topological polar surface area (TPSA) is 50.1 Å². The molecule has 0 saturated carbocycles. The first-order valence-corrected chi connectivity index (χ1v) is 5.82. The summed E-state index contributed by atoms with van der Waals surface area (Å²) in [6.07, 6.45) is 4.90. The Labute approximate surface area is 101 Å². The lowest BCUT2D eigenvalue weighted by atomic mass is 10.3. The number of phenols is 1. The zero-order chi connectivity index (χ0) is 12.1. The molecule has 0 aliphatic rings. The van der Waals surface area contributed by atoms with Gasteiger partial charge >= 0.3 is 0 Å². The molecule has 0 spiro atoms. The van der Waals surface area contributed by atoms with Gasteiger partial charge < -0.3 is 15.0 Å². The lowest BCUT2D eigenvalue weighted by molar-refractivity contribution is 0.475. The number of benzene rings is 1. The van der Waals surface area contributed by atoms with E-state index in [1.54, 1.807) is 12.1 Å². The molecule has 0 bridgehead atoms. The highest BCUT2D eigenvalue weighted by atomic mass is 16.3. The van der Waals surface area contributed by atoms with Gasteiger partial charge in [-0.15, -0.1) is 0 Å². The average molecular weight is 231 g/mol. The molecule has 1 heterocycles. The second-order valence-corrected chi connectivity index (χ2v) is 3.94. The van der Waals surface area contributed by atoms with Crippen LogP contribution in [0.4, 0.5) is 5.69 Å². The summed E-state index contributed by atoms with van der Waals surface area (Å²) in [6, 6.07) is 7.10. The molecule has 0 atom stereocenters. The van der Waals surface area contributed by atoms with Crippen molar-refractivity contribution in [2.75, 3.05) is 5.32 Å². The monoisotopic (exact) mass is 231 g/mol. The third-order valence-electron chi connectivity index (χ3n) is 2.56. The van der Waals surface area contributed by atoms with Crippen LogP contribution < -0.4 is 5.32 Å². The summed E-state index contributed by atoms with van der Waals surface area (Å²) in [4.78, 5) is 4.31. The Kier molecular flexibility index (Phi) is 3.65. The van der Waals surface area contributed by atoms with Crippen LogP contribution in [0.25, 0.3) is 0 Å². The van der Waals surface area contributed by atoms with E-state index in [0.29, 0.717) is 6.54 Å². The molecule has 0 saturated heterocycles.